The maximum absolute atomic E-state index is 11.2. The largest absolute Gasteiger partial charge is 0.230 e. The fourth-order valence-corrected chi connectivity index (χ4v) is 1.51. The first kappa shape index (κ1) is 13.0. The third-order valence-electron chi connectivity index (χ3n) is 2.38. The van der Waals surface area contributed by atoms with Crippen molar-refractivity contribution in [3.8, 4) is 0 Å². The molecule has 0 aromatic carbocycles. The first-order chi connectivity index (χ1) is 6.06. The van der Waals surface area contributed by atoms with Gasteiger partial charge in [0, 0.05) is 0 Å². The van der Waals surface area contributed by atoms with Crippen LogP contribution < -0.4 is 0 Å². The van der Waals surface area contributed by atoms with Gasteiger partial charge in [0.15, 0.2) is 0 Å². The molecule has 0 saturated carbocycles. The Balaban J connectivity index is 3.00. The summed E-state index contributed by atoms with van der Waals surface area (Å²) in [6.45, 7) is 5.80. The molecular formula is C12H25O. The summed E-state index contributed by atoms with van der Waals surface area (Å²) in [6.07, 6.45) is 9.92. The second-order valence-electron chi connectivity index (χ2n) is 4.63. The van der Waals surface area contributed by atoms with Crippen molar-refractivity contribution in [1.82, 2.24) is 0 Å². The molecule has 0 aliphatic heterocycles. The van der Waals surface area contributed by atoms with E-state index in [0.717, 1.165) is 12.8 Å². The lowest BCUT2D eigenvalue weighted by Gasteiger charge is -2.13. The predicted molar refractivity (Wildman–Crippen MR) is 57.4 cm³/mol. The number of hydrogen-bond donors (Lipinski definition) is 0. The van der Waals surface area contributed by atoms with Crippen molar-refractivity contribution in [3.05, 3.63) is 0 Å². The van der Waals surface area contributed by atoms with Crippen LogP contribution in [0.4, 0.5) is 0 Å². The molecule has 0 heterocycles. The highest BCUT2D eigenvalue weighted by atomic mass is 16.3. The third kappa shape index (κ3) is 12.0. The van der Waals surface area contributed by atoms with Gasteiger partial charge in [0.2, 0.25) is 0 Å². The van der Waals surface area contributed by atoms with Crippen LogP contribution in [0, 0.1) is 0 Å². The van der Waals surface area contributed by atoms with E-state index in [1.54, 1.807) is 13.8 Å². The normalized spacial score (nSPS) is 12.0. The van der Waals surface area contributed by atoms with Gasteiger partial charge in [-0.15, -0.1) is 0 Å². The van der Waals surface area contributed by atoms with E-state index in [9.17, 15) is 5.11 Å². The summed E-state index contributed by atoms with van der Waals surface area (Å²) in [5, 5.41) is 11.2. The van der Waals surface area contributed by atoms with Crippen LogP contribution in [-0.4, -0.2) is 5.60 Å². The molecule has 0 unspecified atom stereocenters. The minimum absolute atomic E-state index is 0.705. The Bertz CT molecular complexity index is 102. The van der Waals surface area contributed by atoms with Crippen molar-refractivity contribution in [1.29, 1.82) is 0 Å². The average molecular weight is 185 g/mol. The van der Waals surface area contributed by atoms with Gasteiger partial charge in [0.1, 0.15) is 0 Å². The molecule has 1 heteroatoms. The molecule has 0 bridgehead atoms. The lowest BCUT2D eigenvalue weighted by molar-refractivity contribution is -0.00510. The topological polar surface area (TPSA) is 19.9 Å². The number of unbranched alkanes of at least 4 members (excludes halogenated alkanes) is 6. The van der Waals surface area contributed by atoms with Crippen LogP contribution in [0.2, 0.25) is 0 Å². The highest BCUT2D eigenvalue weighted by molar-refractivity contribution is 4.63. The van der Waals surface area contributed by atoms with Crippen LogP contribution >= 0.6 is 0 Å². The van der Waals surface area contributed by atoms with Gasteiger partial charge >= 0.3 is 0 Å². The SMILES string of the molecule is CCCCCCCCCC(C)(C)[O]. The quantitative estimate of drug-likeness (QED) is 0.501. The molecule has 0 atom stereocenters. The van der Waals surface area contributed by atoms with E-state index < -0.39 is 5.60 Å². The van der Waals surface area contributed by atoms with Crippen molar-refractivity contribution < 1.29 is 5.11 Å². The second-order valence-corrected chi connectivity index (χ2v) is 4.63. The van der Waals surface area contributed by atoms with E-state index in [1.165, 1.54) is 38.5 Å². The van der Waals surface area contributed by atoms with E-state index in [0.29, 0.717) is 0 Å². The first-order valence-electron chi connectivity index (χ1n) is 5.76. The zero-order valence-corrected chi connectivity index (χ0v) is 9.57. The fourth-order valence-electron chi connectivity index (χ4n) is 1.51. The highest BCUT2D eigenvalue weighted by Crippen LogP contribution is 2.15. The molecule has 0 saturated heterocycles. The van der Waals surface area contributed by atoms with Crippen LogP contribution in [0.25, 0.3) is 0 Å². The van der Waals surface area contributed by atoms with E-state index in [-0.39, 0.29) is 0 Å². The summed E-state index contributed by atoms with van der Waals surface area (Å²) in [7, 11) is 0. The molecule has 1 nitrogen and oxygen atoms in total. The minimum atomic E-state index is -0.705. The lowest BCUT2D eigenvalue weighted by atomic mass is 10.00. The maximum atomic E-state index is 11.2. The van der Waals surface area contributed by atoms with Crippen molar-refractivity contribution in [3.63, 3.8) is 0 Å². The summed E-state index contributed by atoms with van der Waals surface area (Å²) in [6, 6.07) is 0. The van der Waals surface area contributed by atoms with Crippen LogP contribution in [-0.2, 0) is 5.11 Å². The second kappa shape index (κ2) is 7.37. The Hall–Kier alpha value is -0.0400. The smallest absolute Gasteiger partial charge is 0.0980 e. The molecular weight excluding hydrogens is 160 g/mol. The summed E-state index contributed by atoms with van der Waals surface area (Å²) in [4.78, 5) is 0. The standard InChI is InChI=1S/C12H25O/c1-4-5-6-7-8-9-10-11-12(2,3)13/h4-11H2,1-3H3. The molecule has 0 spiro atoms. The minimum Gasteiger partial charge on any atom is -0.230 e. The molecule has 0 rings (SSSR count). The molecule has 79 valence electrons. The van der Waals surface area contributed by atoms with Gasteiger partial charge in [-0.05, 0) is 20.3 Å². The van der Waals surface area contributed by atoms with Crippen molar-refractivity contribution in [2.75, 3.05) is 0 Å². The molecule has 0 amide bonds. The molecule has 13 heavy (non-hydrogen) atoms. The van der Waals surface area contributed by atoms with Crippen LogP contribution in [0.5, 0.6) is 0 Å². The van der Waals surface area contributed by atoms with Gasteiger partial charge in [-0.3, -0.25) is 0 Å². The number of hydrogen-bond acceptors (Lipinski definition) is 0. The molecule has 0 aliphatic carbocycles. The van der Waals surface area contributed by atoms with Crippen molar-refractivity contribution in [2.24, 2.45) is 0 Å². The monoisotopic (exact) mass is 185 g/mol. The first-order valence-corrected chi connectivity index (χ1v) is 5.76. The van der Waals surface area contributed by atoms with Crippen LogP contribution in [0.1, 0.15) is 72.1 Å². The third-order valence-corrected chi connectivity index (χ3v) is 2.38. The number of rotatable bonds is 8. The van der Waals surface area contributed by atoms with Gasteiger partial charge in [-0.1, -0.05) is 51.9 Å². The van der Waals surface area contributed by atoms with Crippen molar-refractivity contribution >= 4 is 0 Å². The van der Waals surface area contributed by atoms with Crippen molar-refractivity contribution in [2.45, 2.75) is 77.7 Å². The molecule has 0 aromatic rings. The van der Waals surface area contributed by atoms with Gasteiger partial charge in [0.05, 0.1) is 5.60 Å². The predicted octanol–water partition coefficient (Wildman–Crippen LogP) is 4.34. The molecule has 0 N–H and O–H groups in total. The molecule has 0 aromatic heterocycles. The zero-order valence-electron chi connectivity index (χ0n) is 9.57. The fraction of sp³-hybridized carbons (Fsp3) is 1.00. The molecule has 0 aliphatic rings. The Morgan fingerprint density at radius 1 is 0.846 bits per heavy atom. The van der Waals surface area contributed by atoms with Crippen LogP contribution in [0.15, 0.2) is 0 Å². The lowest BCUT2D eigenvalue weighted by Crippen LogP contribution is -2.15. The Labute approximate surface area is 83.5 Å². The summed E-state index contributed by atoms with van der Waals surface area (Å²) in [5.41, 5.74) is -0.705. The van der Waals surface area contributed by atoms with Gasteiger partial charge < -0.3 is 0 Å². The summed E-state index contributed by atoms with van der Waals surface area (Å²) < 4.78 is 0. The van der Waals surface area contributed by atoms with E-state index >= 15 is 0 Å². The zero-order chi connectivity index (χ0) is 10.2. The van der Waals surface area contributed by atoms with Crippen LogP contribution in [0.3, 0.4) is 0 Å². The van der Waals surface area contributed by atoms with Gasteiger partial charge in [0.25, 0.3) is 0 Å². The van der Waals surface area contributed by atoms with E-state index in [4.69, 9.17) is 0 Å². The Morgan fingerprint density at radius 2 is 1.31 bits per heavy atom. The Morgan fingerprint density at radius 3 is 1.77 bits per heavy atom. The Kier molecular flexibility index (Phi) is 7.35. The van der Waals surface area contributed by atoms with E-state index in [1.807, 2.05) is 0 Å². The average Bonchev–Trinajstić information content (AvgIpc) is 2.01. The molecule has 1 radical (unpaired) electrons. The highest BCUT2D eigenvalue weighted by Gasteiger charge is 2.13. The summed E-state index contributed by atoms with van der Waals surface area (Å²) in [5.74, 6) is 0. The maximum Gasteiger partial charge on any atom is 0.0980 e. The van der Waals surface area contributed by atoms with E-state index in [2.05, 4.69) is 6.92 Å². The van der Waals surface area contributed by atoms with Gasteiger partial charge in [-0.2, -0.15) is 0 Å². The molecule has 0 fully saturated rings. The van der Waals surface area contributed by atoms with Gasteiger partial charge in [-0.25, -0.2) is 5.11 Å². The summed E-state index contributed by atoms with van der Waals surface area (Å²) >= 11 is 0.